The van der Waals surface area contributed by atoms with Crippen LogP contribution < -0.4 is 24.8 Å². The molecule has 0 aliphatic rings. The van der Waals surface area contributed by atoms with Crippen molar-refractivity contribution in [2.45, 2.75) is 33.4 Å². The number of benzene rings is 1. The lowest BCUT2D eigenvalue weighted by Crippen LogP contribution is -2.45. The number of aliphatic imine (C=N–C) groups is 1. The maximum absolute atomic E-state index is 5.57. The first-order valence-electron chi connectivity index (χ1n) is 8.56. The Bertz CT molecular complexity index is 572. The van der Waals surface area contributed by atoms with Crippen molar-refractivity contribution >= 4 is 5.96 Å². The highest BCUT2D eigenvalue weighted by Crippen LogP contribution is 2.38. The molecule has 0 heterocycles. The van der Waals surface area contributed by atoms with E-state index in [0.717, 1.165) is 5.56 Å². The lowest BCUT2D eigenvalue weighted by Gasteiger charge is -2.30. The van der Waals surface area contributed by atoms with Gasteiger partial charge in [0.25, 0.3) is 0 Å². The fraction of sp³-hybridized carbons (Fsp3) is 0.632. The van der Waals surface area contributed by atoms with Gasteiger partial charge in [-0.25, -0.2) is 0 Å². The largest absolute Gasteiger partial charge is 0.493 e. The van der Waals surface area contributed by atoms with Crippen LogP contribution >= 0.6 is 0 Å². The van der Waals surface area contributed by atoms with Gasteiger partial charge in [0.15, 0.2) is 17.5 Å². The number of nitrogens with one attached hydrogen (secondary N) is 2. The van der Waals surface area contributed by atoms with Gasteiger partial charge in [-0.1, -0.05) is 20.8 Å². The minimum Gasteiger partial charge on any atom is -0.493 e. The summed E-state index contributed by atoms with van der Waals surface area (Å²) in [6.45, 7) is 7.66. The maximum Gasteiger partial charge on any atom is 0.203 e. The summed E-state index contributed by atoms with van der Waals surface area (Å²) in [6, 6.07) is 3.82. The molecule has 7 heteroatoms. The molecule has 1 aromatic carbocycles. The third-order valence-corrected chi connectivity index (χ3v) is 4.11. The van der Waals surface area contributed by atoms with Crippen LogP contribution in [-0.2, 0) is 11.3 Å². The standard InChI is InChI=1S/C19H33N3O4/c1-19(2,3)16(25-7)12-22-18(20-4)21-11-13-9-14(23-5)17(26-8)15(10-13)24-6/h9-10,16H,11-12H2,1-8H3,(H2,20,21,22). The average Bonchev–Trinajstić information content (AvgIpc) is 2.62. The van der Waals surface area contributed by atoms with Crippen LogP contribution in [0, 0.1) is 5.41 Å². The second-order valence-electron chi connectivity index (χ2n) is 6.93. The molecule has 0 aromatic heterocycles. The van der Waals surface area contributed by atoms with Crippen molar-refractivity contribution in [2.24, 2.45) is 10.4 Å². The third kappa shape index (κ3) is 5.98. The smallest absolute Gasteiger partial charge is 0.203 e. The van der Waals surface area contributed by atoms with E-state index in [4.69, 9.17) is 18.9 Å². The quantitative estimate of drug-likeness (QED) is 0.543. The maximum atomic E-state index is 5.57. The molecule has 0 spiro atoms. The predicted molar refractivity (Wildman–Crippen MR) is 105 cm³/mol. The Morgan fingerprint density at radius 3 is 1.96 bits per heavy atom. The van der Waals surface area contributed by atoms with E-state index in [2.05, 4.69) is 36.4 Å². The SMILES string of the molecule is CN=C(NCc1cc(OC)c(OC)c(OC)c1)NCC(OC)C(C)(C)C. The van der Waals surface area contributed by atoms with E-state index in [-0.39, 0.29) is 11.5 Å². The summed E-state index contributed by atoms with van der Waals surface area (Å²) in [5.41, 5.74) is 1.03. The van der Waals surface area contributed by atoms with E-state index in [9.17, 15) is 0 Å². The summed E-state index contributed by atoms with van der Waals surface area (Å²) in [5, 5.41) is 6.59. The van der Waals surface area contributed by atoms with Gasteiger partial charge in [0.1, 0.15) is 0 Å². The lowest BCUT2D eigenvalue weighted by atomic mass is 9.89. The van der Waals surface area contributed by atoms with Crippen molar-refractivity contribution in [3.05, 3.63) is 17.7 Å². The monoisotopic (exact) mass is 367 g/mol. The van der Waals surface area contributed by atoms with E-state index in [1.807, 2.05) is 12.1 Å². The highest BCUT2D eigenvalue weighted by Gasteiger charge is 2.24. The number of guanidine groups is 1. The van der Waals surface area contributed by atoms with E-state index < -0.39 is 0 Å². The zero-order valence-corrected chi connectivity index (χ0v) is 17.2. The fourth-order valence-electron chi connectivity index (χ4n) is 2.58. The van der Waals surface area contributed by atoms with E-state index in [1.165, 1.54) is 0 Å². The molecule has 1 aromatic rings. The topological polar surface area (TPSA) is 73.3 Å². The normalized spacial score (nSPS) is 13.2. The number of hydrogen-bond acceptors (Lipinski definition) is 5. The van der Waals surface area contributed by atoms with Gasteiger partial charge in [0.2, 0.25) is 5.75 Å². The van der Waals surface area contributed by atoms with Crippen molar-refractivity contribution in [3.63, 3.8) is 0 Å². The summed E-state index contributed by atoms with van der Waals surface area (Å²) in [7, 11) is 8.26. The molecule has 1 rings (SSSR count). The van der Waals surface area contributed by atoms with Crippen LogP contribution in [0.1, 0.15) is 26.3 Å². The van der Waals surface area contributed by atoms with Crippen LogP contribution in [-0.4, -0.2) is 54.1 Å². The van der Waals surface area contributed by atoms with Gasteiger partial charge in [-0.2, -0.15) is 0 Å². The van der Waals surface area contributed by atoms with Crippen LogP contribution in [0.4, 0.5) is 0 Å². The van der Waals surface area contributed by atoms with Crippen LogP contribution in [0.5, 0.6) is 17.2 Å². The summed E-state index contributed by atoms with van der Waals surface area (Å²) in [6.07, 6.45) is 0.0715. The molecule has 1 atom stereocenters. The summed E-state index contributed by atoms with van der Waals surface area (Å²) < 4.78 is 21.7. The molecule has 0 aliphatic carbocycles. The summed E-state index contributed by atoms with van der Waals surface area (Å²) in [5.74, 6) is 2.52. The van der Waals surface area contributed by atoms with Gasteiger partial charge in [-0.15, -0.1) is 0 Å². The molecule has 0 fully saturated rings. The molecule has 26 heavy (non-hydrogen) atoms. The van der Waals surface area contributed by atoms with E-state index in [1.54, 1.807) is 35.5 Å². The van der Waals surface area contributed by atoms with E-state index >= 15 is 0 Å². The van der Waals surface area contributed by atoms with Crippen LogP contribution in [0.25, 0.3) is 0 Å². The van der Waals surface area contributed by atoms with Gasteiger partial charge in [-0.05, 0) is 23.1 Å². The third-order valence-electron chi connectivity index (χ3n) is 4.11. The Morgan fingerprint density at radius 1 is 1.00 bits per heavy atom. The van der Waals surface area contributed by atoms with E-state index in [0.29, 0.717) is 36.3 Å². The predicted octanol–water partition coefficient (Wildman–Crippen LogP) is 2.44. The zero-order chi connectivity index (χ0) is 19.7. The first kappa shape index (κ1) is 21.9. The minimum atomic E-state index is 0.0390. The number of hydrogen-bond donors (Lipinski definition) is 2. The molecule has 0 radical (unpaired) electrons. The van der Waals surface area contributed by atoms with Gasteiger partial charge >= 0.3 is 0 Å². The molecule has 0 bridgehead atoms. The fourth-order valence-corrected chi connectivity index (χ4v) is 2.58. The first-order chi connectivity index (χ1) is 12.3. The average molecular weight is 367 g/mol. The molecule has 0 saturated carbocycles. The number of methoxy groups -OCH3 is 4. The Hall–Kier alpha value is -2.15. The molecular formula is C19H33N3O4. The van der Waals surface area contributed by atoms with Gasteiger partial charge < -0.3 is 29.6 Å². The highest BCUT2D eigenvalue weighted by atomic mass is 16.5. The molecule has 2 N–H and O–H groups in total. The number of rotatable bonds is 8. The van der Waals surface area contributed by atoms with Gasteiger partial charge in [-0.3, -0.25) is 4.99 Å². The highest BCUT2D eigenvalue weighted by molar-refractivity contribution is 5.79. The molecule has 0 aliphatic heterocycles. The lowest BCUT2D eigenvalue weighted by molar-refractivity contribution is 0.0205. The molecule has 7 nitrogen and oxygen atoms in total. The Balaban J connectivity index is 2.77. The van der Waals surface area contributed by atoms with Crippen LogP contribution in [0.3, 0.4) is 0 Å². The van der Waals surface area contributed by atoms with Crippen molar-refractivity contribution in [1.29, 1.82) is 0 Å². The second-order valence-corrected chi connectivity index (χ2v) is 6.93. The van der Waals surface area contributed by atoms with Crippen molar-refractivity contribution in [1.82, 2.24) is 10.6 Å². The molecule has 148 valence electrons. The summed E-state index contributed by atoms with van der Waals surface area (Å²) in [4.78, 5) is 4.26. The number of nitrogens with zero attached hydrogens (tertiary/aromatic N) is 1. The van der Waals surface area contributed by atoms with Crippen LogP contribution in [0.15, 0.2) is 17.1 Å². The summed E-state index contributed by atoms with van der Waals surface area (Å²) >= 11 is 0. The van der Waals surface area contributed by atoms with Gasteiger partial charge in [0.05, 0.1) is 27.4 Å². The van der Waals surface area contributed by atoms with Crippen molar-refractivity contribution in [2.75, 3.05) is 42.0 Å². The Labute approximate surface area is 157 Å². The number of ether oxygens (including phenoxy) is 4. The molecule has 0 amide bonds. The first-order valence-corrected chi connectivity index (χ1v) is 8.56. The molecule has 1 unspecified atom stereocenters. The van der Waals surface area contributed by atoms with Crippen molar-refractivity contribution in [3.8, 4) is 17.2 Å². The van der Waals surface area contributed by atoms with Gasteiger partial charge in [0, 0.05) is 27.2 Å². The molecule has 0 saturated heterocycles. The van der Waals surface area contributed by atoms with Crippen LogP contribution in [0.2, 0.25) is 0 Å². The zero-order valence-electron chi connectivity index (χ0n) is 17.2. The Kier molecular flexibility index (Phi) is 8.51. The molecular weight excluding hydrogens is 334 g/mol. The second kappa shape index (κ2) is 10.1. The minimum absolute atomic E-state index is 0.0390. The van der Waals surface area contributed by atoms with Crippen molar-refractivity contribution < 1.29 is 18.9 Å². The Morgan fingerprint density at radius 2 is 1.58 bits per heavy atom.